The third-order valence-electron chi connectivity index (χ3n) is 8.06. The molecule has 10 aromatic heterocycles. The smallest absolute Gasteiger partial charge is 0.171 e. The molecule has 0 radical (unpaired) electrons. The molecule has 0 N–H and O–H groups in total. The molecule has 0 fully saturated rings. The first-order valence-electron chi connectivity index (χ1n) is 32.1. The van der Waals surface area contributed by atoms with Crippen LogP contribution in [-0.4, -0.2) is 113 Å². The van der Waals surface area contributed by atoms with Crippen LogP contribution in [0.1, 0.15) is 195 Å². The summed E-state index contributed by atoms with van der Waals surface area (Å²) in [5, 5.41) is 42.0. The third-order valence-corrected chi connectivity index (χ3v) is 8.06. The number of imidazole rings is 1. The van der Waals surface area contributed by atoms with Crippen molar-refractivity contribution in [2.45, 2.75) is 208 Å². The average Bonchev–Trinajstić information content (AvgIpc) is 4.46. The van der Waals surface area contributed by atoms with Crippen LogP contribution in [0.15, 0.2) is 105 Å². The van der Waals surface area contributed by atoms with Crippen LogP contribution < -0.4 is 0 Å². The Kier molecular flexibility index (Phi) is 88.7. The highest BCUT2D eigenvalue weighted by molar-refractivity contribution is 5.07. The highest BCUT2D eigenvalue weighted by Crippen LogP contribution is 1.95. The molecule has 0 saturated heterocycles. The summed E-state index contributed by atoms with van der Waals surface area (Å²) in [6.45, 7) is 59.6. The lowest BCUT2D eigenvalue weighted by Crippen LogP contribution is -1.91. The maximum atomic E-state index is 4.03. The fraction of sp³-hybridized carbons (Fsp3) is 0.597. The van der Waals surface area contributed by atoms with Crippen LogP contribution in [0.2, 0.25) is 0 Å². The van der Waals surface area contributed by atoms with Gasteiger partial charge in [0.2, 0.25) is 0 Å². The first-order chi connectivity index (χ1) is 42.9. The van der Waals surface area contributed by atoms with Gasteiger partial charge in [-0.25, -0.2) is 9.97 Å². The average molecular weight is 1260 g/mol. The van der Waals surface area contributed by atoms with Crippen LogP contribution in [0, 0.1) is 69.2 Å². The van der Waals surface area contributed by atoms with E-state index < -0.39 is 0 Å². The van der Waals surface area contributed by atoms with Gasteiger partial charge in [-0.3, -0.25) is 23.4 Å². The summed E-state index contributed by atoms with van der Waals surface area (Å²) in [7, 11) is 19.0. The van der Waals surface area contributed by atoms with E-state index in [2.05, 4.69) is 105 Å². The van der Waals surface area contributed by atoms with E-state index in [4.69, 9.17) is 0 Å². The van der Waals surface area contributed by atoms with E-state index in [0.29, 0.717) is 5.82 Å². The predicted molar refractivity (Wildman–Crippen MR) is 386 cm³/mol. The van der Waals surface area contributed by atoms with Crippen LogP contribution in [0.4, 0.5) is 0 Å². The summed E-state index contributed by atoms with van der Waals surface area (Å²) in [4.78, 5) is 10.8. The lowest BCUT2D eigenvalue weighted by Gasteiger charge is -1.80. The molecule has 10 rings (SSSR count). The monoisotopic (exact) mass is 1260 g/mol. The van der Waals surface area contributed by atoms with E-state index in [1.807, 2.05) is 319 Å². The van der Waals surface area contributed by atoms with Crippen LogP contribution in [0.3, 0.4) is 0 Å². The van der Waals surface area contributed by atoms with E-state index >= 15 is 0 Å². The molecule has 520 valence electrons. The standard InChI is InChI=1S/2C6H9N.4C5H8N2.3C4H7N3.C3H6N4.10C2H6/c2*1-6-3-4-7(2)5-6;1-5-3-7(2)4-6-5;2*1-5-3-6-7(2)4-5;1-5-3-4-7(2)6-5;1-4-5-3-7(2)6-4;1-4-3-7(2)6-5-4;1-4-3-5-7(2)6-4;1-3-4-6-7(2)5-3;10*1-2/h2*3-5H,1-2H3;4*3-4H,1-2H3;3*3H,1-2H3;1-2H3;10*1-2H3. The number of aryl methyl sites for hydroxylation is 20. The molecule has 0 spiro atoms. The number of aromatic nitrogens is 23. The Hall–Kier alpha value is -8.11. The minimum absolute atomic E-state index is 0.711. The summed E-state index contributed by atoms with van der Waals surface area (Å²) >= 11 is 0. The highest BCUT2D eigenvalue weighted by Gasteiger charge is 1.88. The number of tetrazole rings is 1. The molecule has 0 aliphatic heterocycles. The second kappa shape index (κ2) is 77.0. The zero-order valence-corrected chi connectivity index (χ0v) is 65.1. The fourth-order valence-electron chi connectivity index (χ4n) is 5.18. The van der Waals surface area contributed by atoms with Gasteiger partial charge in [0.05, 0.1) is 54.7 Å². The van der Waals surface area contributed by atoms with Gasteiger partial charge in [-0.15, -0.1) is 15.3 Å². The zero-order chi connectivity index (χ0) is 72.8. The molecular weight excluding hydrogens is 1130 g/mol. The first-order valence-corrected chi connectivity index (χ1v) is 32.1. The van der Waals surface area contributed by atoms with Crippen molar-refractivity contribution in [1.82, 2.24) is 113 Å². The van der Waals surface area contributed by atoms with Gasteiger partial charge in [0, 0.05) is 119 Å². The van der Waals surface area contributed by atoms with Crippen molar-refractivity contribution in [2.75, 3.05) is 0 Å². The Labute approximate surface area is 550 Å². The minimum Gasteiger partial charge on any atom is -0.357 e. The minimum atomic E-state index is 0.711. The molecule has 23 heteroatoms. The maximum absolute atomic E-state index is 4.03. The van der Waals surface area contributed by atoms with Gasteiger partial charge < -0.3 is 13.7 Å². The summed E-state index contributed by atoms with van der Waals surface area (Å²) in [5.74, 6) is 1.53. The van der Waals surface area contributed by atoms with Gasteiger partial charge in [0.15, 0.2) is 5.82 Å². The summed E-state index contributed by atoms with van der Waals surface area (Å²) < 4.78 is 14.7. The Balaban J connectivity index is -0.0000000957. The highest BCUT2D eigenvalue weighted by atomic mass is 15.6. The second-order valence-corrected chi connectivity index (χ2v) is 16.2. The largest absolute Gasteiger partial charge is 0.357 e. The Bertz CT molecular complexity index is 2030. The van der Waals surface area contributed by atoms with Crippen molar-refractivity contribution in [2.24, 2.45) is 70.5 Å². The van der Waals surface area contributed by atoms with Crippen molar-refractivity contribution >= 4 is 0 Å². The Morgan fingerprint density at radius 1 is 0.267 bits per heavy atom. The Morgan fingerprint density at radius 2 is 0.711 bits per heavy atom. The number of hydrogen-bond acceptors (Lipinski definition) is 13. The second-order valence-electron chi connectivity index (χ2n) is 16.2. The molecule has 0 aromatic carbocycles. The topological polar surface area (TPSA) is 217 Å². The van der Waals surface area contributed by atoms with Crippen LogP contribution >= 0.6 is 0 Å². The molecule has 10 heterocycles. The van der Waals surface area contributed by atoms with Gasteiger partial charge in [-0.2, -0.15) is 40.2 Å². The maximum Gasteiger partial charge on any atom is 0.171 e. The van der Waals surface area contributed by atoms with E-state index in [-0.39, 0.29) is 0 Å². The van der Waals surface area contributed by atoms with Gasteiger partial charge in [-0.1, -0.05) is 144 Å². The predicted octanol–water partition coefficient (Wildman–Crippen LogP) is 15.7. The lowest BCUT2D eigenvalue weighted by molar-refractivity contribution is 0.629. The Morgan fingerprint density at radius 3 is 0.800 bits per heavy atom. The molecule has 0 amide bonds. The SMILES string of the molecule is CC.CC.CC.CC.CC.CC.CC.CC.CC.CC.Cc1ccn(C)c1.Cc1ccn(C)c1.Cc1ccn(C)n1.Cc1cn(C)cn1.Cc1cn(C)nn1.Cc1cnn(C)c1.Cc1cnn(C)c1.Cc1cnn(C)n1.Cc1ncn(C)n1.Cc1nnn(C)n1. The quantitative estimate of drug-likeness (QED) is 0.138. The van der Waals surface area contributed by atoms with Crippen molar-refractivity contribution in [3.63, 3.8) is 0 Å². The third kappa shape index (κ3) is 74.1. The van der Waals surface area contributed by atoms with Crippen LogP contribution in [0.5, 0.6) is 0 Å². The van der Waals surface area contributed by atoms with E-state index in [1.54, 1.807) is 63.3 Å². The summed E-state index contributed by atoms with van der Waals surface area (Å²) in [5.41, 5.74) is 9.13. The van der Waals surface area contributed by atoms with Crippen molar-refractivity contribution in [3.8, 4) is 0 Å². The fourth-order valence-corrected chi connectivity index (χ4v) is 5.18. The van der Waals surface area contributed by atoms with E-state index in [1.165, 1.54) is 31.8 Å². The molecule has 0 bridgehead atoms. The van der Waals surface area contributed by atoms with Crippen LogP contribution in [-0.2, 0) is 70.5 Å². The van der Waals surface area contributed by atoms with Gasteiger partial charge in [0.1, 0.15) is 12.2 Å². The van der Waals surface area contributed by atoms with Gasteiger partial charge in [0.25, 0.3) is 0 Å². The molecule has 10 aromatic rings. The van der Waals surface area contributed by atoms with Gasteiger partial charge in [-0.05, 0) is 115 Å². The van der Waals surface area contributed by atoms with Crippen molar-refractivity contribution < 1.29 is 0 Å². The van der Waals surface area contributed by atoms with Crippen LogP contribution in [0.25, 0.3) is 0 Å². The molecule has 0 unspecified atom stereocenters. The number of hydrogen-bond donors (Lipinski definition) is 0. The molecule has 0 aliphatic carbocycles. The zero-order valence-electron chi connectivity index (χ0n) is 65.1. The summed E-state index contributed by atoms with van der Waals surface area (Å²) in [6.07, 6.45) is 26.8. The number of rotatable bonds is 0. The van der Waals surface area contributed by atoms with Crippen molar-refractivity contribution in [1.29, 1.82) is 0 Å². The van der Waals surface area contributed by atoms with Crippen molar-refractivity contribution in [3.05, 3.63) is 162 Å². The molecule has 0 atom stereocenters. The molecule has 0 saturated carbocycles. The normalized spacial score (nSPS) is 8.00. The lowest BCUT2D eigenvalue weighted by atomic mass is 10.4. The van der Waals surface area contributed by atoms with E-state index in [0.717, 1.165) is 28.6 Å². The first kappa shape index (κ1) is 104. The van der Waals surface area contributed by atoms with E-state index in [9.17, 15) is 0 Å². The molecule has 0 aliphatic rings. The molecule has 90 heavy (non-hydrogen) atoms. The molecular formula is C67H137N23. The summed E-state index contributed by atoms with van der Waals surface area (Å²) in [6, 6.07) is 6.14. The number of nitrogens with zero attached hydrogens (tertiary/aromatic N) is 23. The molecule has 23 nitrogen and oxygen atoms in total. The van der Waals surface area contributed by atoms with Gasteiger partial charge >= 0.3 is 0 Å².